The maximum Gasteiger partial charge on any atom is 0.254 e. The van der Waals surface area contributed by atoms with Gasteiger partial charge < -0.3 is 10.2 Å². The van der Waals surface area contributed by atoms with E-state index in [0.717, 1.165) is 61.2 Å². The Morgan fingerprint density at radius 1 is 1.30 bits per heavy atom. The van der Waals surface area contributed by atoms with Crippen LogP contribution in [0.5, 0.6) is 0 Å². The molecule has 4 heteroatoms. The number of aromatic nitrogens is 1. The number of nitrogens with zero attached hydrogens (tertiary/aromatic N) is 2. The van der Waals surface area contributed by atoms with Crippen LogP contribution < -0.4 is 5.32 Å². The van der Waals surface area contributed by atoms with Gasteiger partial charge in [-0.3, -0.25) is 9.78 Å². The van der Waals surface area contributed by atoms with Gasteiger partial charge in [0, 0.05) is 24.2 Å². The summed E-state index contributed by atoms with van der Waals surface area (Å²) in [4.78, 5) is 19.5. The van der Waals surface area contributed by atoms with E-state index in [1.165, 1.54) is 0 Å². The van der Waals surface area contributed by atoms with Gasteiger partial charge in [-0.15, -0.1) is 0 Å². The van der Waals surface area contributed by atoms with Crippen LogP contribution in [0.25, 0.3) is 10.9 Å². The van der Waals surface area contributed by atoms with E-state index in [2.05, 4.69) is 17.2 Å². The summed E-state index contributed by atoms with van der Waals surface area (Å²) < 4.78 is 0. The zero-order chi connectivity index (χ0) is 16.2. The number of piperidine rings is 1. The lowest BCUT2D eigenvalue weighted by Gasteiger charge is -2.32. The third kappa shape index (κ3) is 3.53. The van der Waals surface area contributed by atoms with Crippen molar-refractivity contribution in [2.45, 2.75) is 26.7 Å². The summed E-state index contributed by atoms with van der Waals surface area (Å²) in [6, 6.07) is 9.83. The number of fused-ring (bicyclic) bond motifs is 1. The van der Waals surface area contributed by atoms with E-state index >= 15 is 0 Å². The van der Waals surface area contributed by atoms with Crippen LogP contribution in [0.4, 0.5) is 0 Å². The first-order valence-corrected chi connectivity index (χ1v) is 8.55. The molecule has 1 fully saturated rings. The molecule has 1 aromatic heterocycles. The maximum atomic E-state index is 13.0. The first kappa shape index (κ1) is 15.9. The van der Waals surface area contributed by atoms with E-state index in [4.69, 9.17) is 0 Å². The number of amides is 1. The van der Waals surface area contributed by atoms with Gasteiger partial charge in [0.05, 0.1) is 11.1 Å². The van der Waals surface area contributed by atoms with Crippen molar-refractivity contribution in [3.05, 3.63) is 41.6 Å². The predicted octanol–water partition coefficient (Wildman–Crippen LogP) is 3.00. The van der Waals surface area contributed by atoms with Crippen LogP contribution >= 0.6 is 0 Å². The molecule has 2 aromatic rings. The fourth-order valence-corrected chi connectivity index (χ4v) is 3.34. The van der Waals surface area contributed by atoms with Crippen LogP contribution in [0, 0.1) is 12.8 Å². The summed E-state index contributed by atoms with van der Waals surface area (Å²) in [7, 11) is 0. The molecule has 0 bridgehead atoms. The molecule has 1 aliphatic rings. The molecule has 0 aliphatic carbocycles. The van der Waals surface area contributed by atoms with Gasteiger partial charge >= 0.3 is 0 Å². The van der Waals surface area contributed by atoms with Crippen molar-refractivity contribution in [3.63, 3.8) is 0 Å². The van der Waals surface area contributed by atoms with E-state index in [1.54, 1.807) is 0 Å². The van der Waals surface area contributed by atoms with Crippen molar-refractivity contribution in [3.8, 4) is 0 Å². The van der Waals surface area contributed by atoms with Gasteiger partial charge in [0.15, 0.2) is 0 Å². The van der Waals surface area contributed by atoms with Crippen LogP contribution in [0.1, 0.15) is 35.8 Å². The summed E-state index contributed by atoms with van der Waals surface area (Å²) >= 11 is 0. The molecule has 1 N–H and O–H groups in total. The van der Waals surface area contributed by atoms with E-state index in [-0.39, 0.29) is 5.91 Å². The van der Waals surface area contributed by atoms with Gasteiger partial charge in [-0.2, -0.15) is 0 Å². The summed E-state index contributed by atoms with van der Waals surface area (Å²) in [6.07, 6.45) is 2.17. The van der Waals surface area contributed by atoms with Crippen molar-refractivity contribution in [2.24, 2.45) is 5.92 Å². The average molecular weight is 311 g/mol. The SMILES string of the molecule is CCNCC1CCN(C(=O)c2cc(C)nc3ccccc23)CC1. The van der Waals surface area contributed by atoms with E-state index in [0.29, 0.717) is 5.92 Å². The topological polar surface area (TPSA) is 45.2 Å². The molecule has 2 heterocycles. The lowest BCUT2D eigenvalue weighted by Crippen LogP contribution is -2.40. The second-order valence-electron chi connectivity index (χ2n) is 6.37. The Morgan fingerprint density at radius 2 is 2.04 bits per heavy atom. The number of aryl methyl sites for hydroxylation is 1. The fourth-order valence-electron chi connectivity index (χ4n) is 3.34. The van der Waals surface area contributed by atoms with Crippen molar-refractivity contribution >= 4 is 16.8 Å². The highest BCUT2D eigenvalue weighted by molar-refractivity contribution is 6.06. The Balaban J connectivity index is 1.77. The molecule has 0 spiro atoms. The molecular formula is C19H25N3O. The number of carbonyl (C=O) groups excluding carboxylic acids is 1. The minimum Gasteiger partial charge on any atom is -0.339 e. The summed E-state index contributed by atoms with van der Waals surface area (Å²) in [5.74, 6) is 0.837. The van der Waals surface area contributed by atoms with E-state index < -0.39 is 0 Å². The number of hydrogen-bond acceptors (Lipinski definition) is 3. The van der Waals surface area contributed by atoms with Crippen LogP contribution in [-0.2, 0) is 0 Å². The van der Waals surface area contributed by atoms with Crippen molar-refractivity contribution in [2.75, 3.05) is 26.2 Å². The third-order valence-electron chi connectivity index (χ3n) is 4.66. The highest BCUT2D eigenvalue weighted by Crippen LogP contribution is 2.23. The van der Waals surface area contributed by atoms with E-state index in [9.17, 15) is 4.79 Å². The summed E-state index contributed by atoms with van der Waals surface area (Å²) in [5.41, 5.74) is 2.59. The van der Waals surface area contributed by atoms with Crippen LogP contribution in [0.3, 0.4) is 0 Å². The second-order valence-corrected chi connectivity index (χ2v) is 6.37. The quantitative estimate of drug-likeness (QED) is 0.944. The normalized spacial score (nSPS) is 16.0. The predicted molar refractivity (Wildman–Crippen MR) is 93.7 cm³/mol. The standard InChI is InChI=1S/C19H25N3O/c1-3-20-13-15-8-10-22(11-9-15)19(23)17-12-14(2)21-18-7-5-4-6-16(17)18/h4-7,12,15,20H,3,8-11,13H2,1-2H3. The Hall–Kier alpha value is -1.94. The molecule has 1 saturated heterocycles. The van der Waals surface area contributed by atoms with Gasteiger partial charge in [0.1, 0.15) is 0 Å². The zero-order valence-electron chi connectivity index (χ0n) is 14.0. The fraction of sp³-hybridized carbons (Fsp3) is 0.474. The largest absolute Gasteiger partial charge is 0.339 e. The highest BCUT2D eigenvalue weighted by atomic mass is 16.2. The Kier molecular flexibility index (Phi) is 4.91. The zero-order valence-corrected chi connectivity index (χ0v) is 14.0. The van der Waals surface area contributed by atoms with Crippen LogP contribution in [-0.4, -0.2) is 42.0 Å². The summed E-state index contributed by atoms with van der Waals surface area (Å²) in [5, 5.41) is 4.37. The molecule has 3 rings (SSSR count). The number of benzene rings is 1. The molecule has 4 nitrogen and oxygen atoms in total. The third-order valence-corrected chi connectivity index (χ3v) is 4.66. The smallest absolute Gasteiger partial charge is 0.254 e. The molecule has 1 aliphatic heterocycles. The van der Waals surface area contributed by atoms with E-state index in [1.807, 2.05) is 42.2 Å². The minimum atomic E-state index is 0.147. The molecule has 1 aromatic carbocycles. The van der Waals surface area contributed by atoms with Gasteiger partial charge in [0.25, 0.3) is 5.91 Å². The molecule has 1 amide bonds. The van der Waals surface area contributed by atoms with Crippen LogP contribution in [0.2, 0.25) is 0 Å². The molecular weight excluding hydrogens is 286 g/mol. The average Bonchev–Trinajstić information content (AvgIpc) is 2.59. The second kappa shape index (κ2) is 7.09. The first-order chi connectivity index (χ1) is 11.2. The monoisotopic (exact) mass is 311 g/mol. The van der Waals surface area contributed by atoms with Crippen molar-refractivity contribution in [1.29, 1.82) is 0 Å². The van der Waals surface area contributed by atoms with Crippen LogP contribution in [0.15, 0.2) is 30.3 Å². The lowest BCUT2D eigenvalue weighted by atomic mass is 9.96. The van der Waals surface area contributed by atoms with Gasteiger partial charge in [-0.05, 0) is 50.9 Å². The number of likely N-dealkylation sites (tertiary alicyclic amines) is 1. The Bertz CT molecular complexity index is 690. The maximum absolute atomic E-state index is 13.0. The molecule has 122 valence electrons. The molecule has 0 atom stereocenters. The number of carbonyl (C=O) groups is 1. The minimum absolute atomic E-state index is 0.147. The number of pyridine rings is 1. The Labute approximate surface area is 137 Å². The number of para-hydroxylation sites is 1. The van der Waals surface area contributed by atoms with Crippen molar-refractivity contribution in [1.82, 2.24) is 15.2 Å². The lowest BCUT2D eigenvalue weighted by molar-refractivity contribution is 0.0692. The van der Waals surface area contributed by atoms with Gasteiger partial charge in [0.2, 0.25) is 0 Å². The molecule has 0 unspecified atom stereocenters. The molecule has 0 radical (unpaired) electrons. The van der Waals surface area contributed by atoms with Gasteiger partial charge in [-0.25, -0.2) is 0 Å². The van der Waals surface area contributed by atoms with Crippen molar-refractivity contribution < 1.29 is 4.79 Å². The van der Waals surface area contributed by atoms with Gasteiger partial charge in [-0.1, -0.05) is 25.1 Å². The number of nitrogens with one attached hydrogen (secondary N) is 1. The molecule has 23 heavy (non-hydrogen) atoms. The highest BCUT2D eigenvalue weighted by Gasteiger charge is 2.24. The Morgan fingerprint density at radius 3 is 2.78 bits per heavy atom. The summed E-state index contributed by atoms with van der Waals surface area (Å²) in [6.45, 7) is 7.87. The first-order valence-electron chi connectivity index (χ1n) is 8.55. The number of hydrogen-bond donors (Lipinski definition) is 1. The molecule has 0 saturated carbocycles. The number of rotatable bonds is 4.